The third-order valence-corrected chi connectivity index (χ3v) is 3.90. The van der Waals surface area contributed by atoms with E-state index >= 15 is 0 Å². The second kappa shape index (κ2) is 4.57. The van der Waals surface area contributed by atoms with Gasteiger partial charge in [0.2, 0.25) is 0 Å². The summed E-state index contributed by atoms with van der Waals surface area (Å²) in [5.41, 5.74) is 0.166. The summed E-state index contributed by atoms with van der Waals surface area (Å²) in [6.07, 6.45) is -3.29. The molecule has 0 amide bonds. The van der Waals surface area contributed by atoms with Crippen molar-refractivity contribution in [3.8, 4) is 0 Å². The summed E-state index contributed by atoms with van der Waals surface area (Å²) in [6, 6.07) is 5.74. The number of halogens is 3. The lowest BCUT2D eigenvalue weighted by molar-refractivity contribution is -0.137. The Balaban J connectivity index is 2.15. The van der Waals surface area contributed by atoms with Gasteiger partial charge in [-0.05, 0) is 42.5 Å². The number of nitrogens with one attached hydrogen (secondary N) is 1. The van der Waals surface area contributed by atoms with Gasteiger partial charge in [-0.2, -0.15) is 13.2 Å². The van der Waals surface area contributed by atoms with Gasteiger partial charge in [-0.15, -0.1) is 0 Å². The summed E-state index contributed by atoms with van der Waals surface area (Å²) in [4.78, 5) is 0. The highest BCUT2D eigenvalue weighted by molar-refractivity contribution is 5.36. The van der Waals surface area contributed by atoms with Gasteiger partial charge in [-0.25, -0.2) is 0 Å². The normalized spacial score (nSPS) is 27.3. The van der Waals surface area contributed by atoms with Gasteiger partial charge in [0.05, 0.1) is 5.56 Å². The third-order valence-electron chi connectivity index (χ3n) is 3.90. The first kappa shape index (κ1) is 13.4. The number of alkyl halides is 3. The van der Waals surface area contributed by atoms with Gasteiger partial charge in [-0.3, -0.25) is 0 Å². The minimum absolute atomic E-state index is 0.0938. The van der Waals surface area contributed by atoms with Crippen LogP contribution in [0.3, 0.4) is 0 Å². The highest BCUT2D eigenvalue weighted by Gasteiger charge is 2.50. The SMILES string of the molecule is CCNCC1CC1(C)c1cccc(C(F)(F)F)c1. The fraction of sp³-hybridized carbons (Fsp3) is 0.571. The summed E-state index contributed by atoms with van der Waals surface area (Å²) < 4.78 is 38.0. The van der Waals surface area contributed by atoms with Crippen molar-refractivity contribution in [3.63, 3.8) is 0 Å². The van der Waals surface area contributed by atoms with Gasteiger partial charge in [0.1, 0.15) is 0 Å². The van der Waals surface area contributed by atoms with E-state index in [1.165, 1.54) is 12.1 Å². The van der Waals surface area contributed by atoms with E-state index in [-0.39, 0.29) is 5.41 Å². The fourth-order valence-electron chi connectivity index (χ4n) is 2.47. The summed E-state index contributed by atoms with van der Waals surface area (Å²) >= 11 is 0. The molecular formula is C14H18F3N. The summed E-state index contributed by atoms with van der Waals surface area (Å²) in [7, 11) is 0. The second-order valence-electron chi connectivity index (χ2n) is 5.20. The van der Waals surface area contributed by atoms with Crippen LogP contribution in [0.4, 0.5) is 13.2 Å². The lowest BCUT2D eigenvalue weighted by Crippen LogP contribution is -2.20. The van der Waals surface area contributed by atoms with Crippen molar-refractivity contribution in [1.29, 1.82) is 0 Å². The Labute approximate surface area is 105 Å². The smallest absolute Gasteiger partial charge is 0.317 e. The fourth-order valence-corrected chi connectivity index (χ4v) is 2.47. The molecule has 0 aliphatic heterocycles. The Morgan fingerprint density at radius 3 is 2.72 bits per heavy atom. The minimum Gasteiger partial charge on any atom is -0.317 e. The van der Waals surface area contributed by atoms with E-state index in [1.807, 2.05) is 13.8 Å². The predicted octanol–water partition coefficient (Wildman–Crippen LogP) is 3.59. The predicted molar refractivity (Wildman–Crippen MR) is 65.4 cm³/mol. The van der Waals surface area contributed by atoms with Gasteiger partial charge in [0.25, 0.3) is 0 Å². The van der Waals surface area contributed by atoms with Crippen molar-refractivity contribution < 1.29 is 13.2 Å². The van der Waals surface area contributed by atoms with Crippen molar-refractivity contribution in [2.24, 2.45) is 5.92 Å². The molecule has 4 heteroatoms. The topological polar surface area (TPSA) is 12.0 Å². The molecule has 1 aliphatic carbocycles. The zero-order valence-electron chi connectivity index (χ0n) is 10.6. The molecule has 0 bridgehead atoms. The van der Waals surface area contributed by atoms with Crippen molar-refractivity contribution >= 4 is 0 Å². The van der Waals surface area contributed by atoms with Crippen LogP contribution in [0.15, 0.2) is 24.3 Å². The van der Waals surface area contributed by atoms with Crippen LogP contribution in [0.2, 0.25) is 0 Å². The van der Waals surface area contributed by atoms with Crippen LogP contribution < -0.4 is 5.32 Å². The van der Waals surface area contributed by atoms with Crippen LogP contribution in [0, 0.1) is 5.92 Å². The molecule has 2 rings (SSSR count). The first-order valence-electron chi connectivity index (χ1n) is 6.26. The highest BCUT2D eigenvalue weighted by atomic mass is 19.4. The third kappa shape index (κ3) is 2.53. The average Bonchev–Trinajstić information content (AvgIpc) is 2.98. The number of hydrogen-bond acceptors (Lipinski definition) is 1. The lowest BCUT2D eigenvalue weighted by atomic mass is 9.93. The van der Waals surface area contributed by atoms with Crippen LogP contribution in [-0.2, 0) is 11.6 Å². The van der Waals surface area contributed by atoms with Crippen LogP contribution in [-0.4, -0.2) is 13.1 Å². The minimum atomic E-state index is -4.25. The number of benzene rings is 1. The molecule has 0 aromatic heterocycles. The van der Waals surface area contributed by atoms with Crippen molar-refractivity contribution in [2.45, 2.75) is 31.9 Å². The molecule has 0 spiro atoms. The van der Waals surface area contributed by atoms with Gasteiger partial charge in [0.15, 0.2) is 0 Å². The van der Waals surface area contributed by atoms with E-state index < -0.39 is 11.7 Å². The van der Waals surface area contributed by atoms with Crippen molar-refractivity contribution in [1.82, 2.24) is 5.32 Å². The Bertz CT molecular complexity index is 427. The highest BCUT2D eigenvalue weighted by Crippen LogP contribution is 2.54. The van der Waals surface area contributed by atoms with Crippen molar-refractivity contribution in [2.75, 3.05) is 13.1 Å². The molecule has 1 nitrogen and oxygen atoms in total. The maximum Gasteiger partial charge on any atom is 0.416 e. The molecule has 1 fully saturated rings. The molecule has 18 heavy (non-hydrogen) atoms. The maximum absolute atomic E-state index is 12.7. The van der Waals surface area contributed by atoms with Gasteiger partial charge in [-0.1, -0.05) is 32.0 Å². The van der Waals surface area contributed by atoms with E-state index in [0.29, 0.717) is 5.92 Å². The summed E-state index contributed by atoms with van der Waals surface area (Å²) in [6.45, 7) is 5.85. The molecule has 2 unspecified atom stereocenters. The Morgan fingerprint density at radius 2 is 2.11 bits per heavy atom. The Hall–Kier alpha value is -1.03. The van der Waals surface area contributed by atoms with E-state index in [0.717, 1.165) is 31.1 Å². The standard InChI is InChI=1S/C14H18F3N/c1-3-18-9-12-8-13(12,2)10-5-4-6-11(7-10)14(15,16)17/h4-7,12,18H,3,8-9H2,1-2H3. The molecule has 1 saturated carbocycles. The van der Waals surface area contributed by atoms with Crippen molar-refractivity contribution in [3.05, 3.63) is 35.4 Å². The maximum atomic E-state index is 12.7. The quantitative estimate of drug-likeness (QED) is 0.869. The van der Waals surface area contributed by atoms with Crippen LogP contribution in [0.25, 0.3) is 0 Å². The monoisotopic (exact) mass is 257 g/mol. The molecule has 100 valence electrons. The molecule has 1 aromatic rings. The van der Waals surface area contributed by atoms with Crippen LogP contribution in [0.5, 0.6) is 0 Å². The lowest BCUT2D eigenvalue weighted by Gasteiger charge is -2.15. The number of hydrogen-bond donors (Lipinski definition) is 1. The molecule has 0 saturated heterocycles. The first-order valence-corrected chi connectivity index (χ1v) is 6.26. The number of rotatable bonds is 4. The molecule has 1 N–H and O–H groups in total. The van der Waals surface area contributed by atoms with E-state index in [4.69, 9.17) is 0 Å². The summed E-state index contributed by atoms with van der Waals surface area (Å²) in [5.74, 6) is 0.445. The van der Waals surface area contributed by atoms with E-state index in [9.17, 15) is 13.2 Å². The van der Waals surface area contributed by atoms with Gasteiger partial charge in [0, 0.05) is 0 Å². The largest absolute Gasteiger partial charge is 0.416 e. The van der Waals surface area contributed by atoms with E-state index in [1.54, 1.807) is 6.07 Å². The van der Waals surface area contributed by atoms with Gasteiger partial charge >= 0.3 is 6.18 Å². The zero-order chi connectivity index (χ0) is 13.4. The molecule has 2 atom stereocenters. The molecule has 0 radical (unpaired) electrons. The van der Waals surface area contributed by atoms with Crippen LogP contribution >= 0.6 is 0 Å². The van der Waals surface area contributed by atoms with E-state index in [2.05, 4.69) is 5.32 Å². The Morgan fingerprint density at radius 1 is 1.39 bits per heavy atom. The summed E-state index contributed by atoms with van der Waals surface area (Å²) in [5, 5.41) is 3.26. The Kier molecular flexibility index (Phi) is 3.41. The van der Waals surface area contributed by atoms with Gasteiger partial charge < -0.3 is 5.32 Å². The molecule has 1 aliphatic rings. The molecular weight excluding hydrogens is 239 g/mol. The molecule has 0 heterocycles. The average molecular weight is 257 g/mol. The zero-order valence-corrected chi connectivity index (χ0v) is 10.6. The molecule has 1 aromatic carbocycles. The first-order chi connectivity index (χ1) is 8.38. The second-order valence-corrected chi connectivity index (χ2v) is 5.20. The van der Waals surface area contributed by atoms with Crippen LogP contribution in [0.1, 0.15) is 31.4 Å².